The van der Waals surface area contributed by atoms with Crippen LogP contribution in [0, 0.1) is 5.41 Å². The van der Waals surface area contributed by atoms with Gasteiger partial charge in [-0.3, -0.25) is 0 Å². The van der Waals surface area contributed by atoms with E-state index in [4.69, 9.17) is 9.47 Å². The standard InChI is InChI=1S/C16H22BrNO2/c1-3-20-15-10-14(16(15)7-4-8-16)18-12-9-11(17)5-6-13(12)19-2/h5-6,9,14-15,18H,3-4,7-8,10H2,1-2H3. The monoisotopic (exact) mass is 339 g/mol. The predicted molar refractivity (Wildman–Crippen MR) is 84.4 cm³/mol. The summed E-state index contributed by atoms with van der Waals surface area (Å²) < 4.78 is 12.4. The molecule has 0 aliphatic heterocycles. The first-order valence-electron chi connectivity index (χ1n) is 7.41. The second-order valence-corrected chi connectivity index (χ2v) is 6.72. The fourth-order valence-corrected chi connectivity index (χ4v) is 3.98. The predicted octanol–water partition coefficient (Wildman–Crippen LogP) is 4.22. The molecule has 2 unspecified atom stereocenters. The molecule has 20 heavy (non-hydrogen) atoms. The van der Waals surface area contributed by atoms with Crippen LogP contribution in [0.2, 0.25) is 0 Å². The highest BCUT2D eigenvalue weighted by Gasteiger charge is 2.59. The number of hydrogen-bond donors (Lipinski definition) is 1. The van der Waals surface area contributed by atoms with Crippen LogP contribution in [0.4, 0.5) is 5.69 Å². The van der Waals surface area contributed by atoms with E-state index in [0.717, 1.165) is 28.9 Å². The molecular formula is C16H22BrNO2. The van der Waals surface area contributed by atoms with Gasteiger partial charge >= 0.3 is 0 Å². The van der Waals surface area contributed by atoms with Gasteiger partial charge in [0.1, 0.15) is 5.75 Å². The summed E-state index contributed by atoms with van der Waals surface area (Å²) in [6.45, 7) is 2.91. The van der Waals surface area contributed by atoms with E-state index in [0.29, 0.717) is 17.6 Å². The smallest absolute Gasteiger partial charge is 0.142 e. The lowest BCUT2D eigenvalue weighted by atomic mass is 9.51. The Labute approximate surface area is 129 Å². The third-order valence-electron chi connectivity index (χ3n) is 4.93. The van der Waals surface area contributed by atoms with Gasteiger partial charge in [-0.2, -0.15) is 0 Å². The van der Waals surface area contributed by atoms with Crippen LogP contribution in [0.15, 0.2) is 22.7 Å². The van der Waals surface area contributed by atoms with Gasteiger partial charge in [-0.25, -0.2) is 0 Å². The second kappa shape index (κ2) is 5.57. The van der Waals surface area contributed by atoms with E-state index in [1.54, 1.807) is 7.11 Å². The van der Waals surface area contributed by atoms with Crippen molar-refractivity contribution in [1.82, 2.24) is 0 Å². The quantitative estimate of drug-likeness (QED) is 0.871. The Hall–Kier alpha value is -0.740. The summed E-state index contributed by atoms with van der Waals surface area (Å²) in [7, 11) is 1.72. The van der Waals surface area contributed by atoms with Crippen LogP contribution in [-0.2, 0) is 4.74 Å². The molecule has 2 aliphatic rings. The Kier molecular flexibility index (Phi) is 3.95. The normalized spacial score (nSPS) is 26.8. The van der Waals surface area contributed by atoms with Gasteiger partial charge in [-0.15, -0.1) is 0 Å². The van der Waals surface area contributed by atoms with Crippen LogP contribution < -0.4 is 10.1 Å². The molecule has 0 aromatic heterocycles. The van der Waals surface area contributed by atoms with Gasteiger partial charge in [0, 0.05) is 22.5 Å². The third-order valence-corrected chi connectivity index (χ3v) is 5.42. The number of nitrogens with one attached hydrogen (secondary N) is 1. The minimum absolute atomic E-state index is 0.364. The van der Waals surface area contributed by atoms with Crippen molar-refractivity contribution in [3.8, 4) is 5.75 Å². The van der Waals surface area contributed by atoms with Crippen LogP contribution in [0.25, 0.3) is 0 Å². The van der Waals surface area contributed by atoms with Gasteiger partial charge in [-0.1, -0.05) is 22.4 Å². The molecule has 0 bridgehead atoms. The van der Waals surface area contributed by atoms with Crippen molar-refractivity contribution in [2.45, 2.75) is 44.8 Å². The SMILES string of the molecule is CCOC1CC(Nc2cc(Br)ccc2OC)C12CCC2. The summed E-state index contributed by atoms with van der Waals surface area (Å²) >= 11 is 3.53. The first-order chi connectivity index (χ1) is 9.69. The lowest BCUT2D eigenvalue weighted by Crippen LogP contribution is -2.64. The minimum atomic E-state index is 0.364. The van der Waals surface area contributed by atoms with Crippen molar-refractivity contribution < 1.29 is 9.47 Å². The number of rotatable bonds is 5. The molecule has 2 atom stereocenters. The van der Waals surface area contributed by atoms with Gasteiger partial charge in [0.2, 0.25) is 0 Å². The van der Waals surface area contributed by atoms with Crippen molar-refractivity contribution >= 4 is 21.6 Å². The van der Waals surface area contributed by atoms with E-state index >= 15 is 0 Å². The third kappa shape index (κ3) is 2.23. The van der Waals surface area contributed by atoms with Crippen LogP contribution in [-0.4, -0.2) is 25.9 Å². The van der Waals surface area contributed by atoms with Crippen molar-refractivity contribution in [3.05, 3.63) is 22.7 Å². The summed E-state index contributed by atoms with van der Waals surface area (Å²) in [5, 5.41) is 3.68. The molecule has 0 amide bonds. The van der Waals surface area contributed by atoms with Crippen molar-refractivity contribution in [3.63, 3.8) is 0 Å². The molecule has 1 N–H and O–H groups in total. The zero-order valence-electron chi connectivity index (χ0n) is 12.1. The molecule has 2 saturated carbocycles. The van der Waals surface area contributed by atoms with E-state index in [1.807, 2.05) is 12.1 Å². The van der Waals surface area contributed by atoms with Crippen LogP contribution in [0.1, 0.15) is 32.6 Å². The maximum Gasteiger partial charge on any atom is 0.142 e. The van der Waals surface area contributed by atoms with Gasteiger partial charge in [0.05, 0.1) is 18.9 Å². The molecular weight excluding hydrogens is 318 g/mol. The maximum atomic E-state index is 5.90. The van der Waals surface area contributed by atoms with Crippen LogP contribution in [0.5, 0.6) is 5.75 Å². The van der Waals surface area contributed by atoms with Crippen LogP contribution in [0.3, 0.4) is 0 Å². The van der Waals surface area contributed by atoms with Gasteiger partial charge in [-0.05, 0) is 44.4 Å². The van der Waals surface area contributed by atoms with Gasteiger partial charge in [0.15, 0.2) is 0 Å². The van der Waals surface area contributed by atoms with Crippen molar-refractivity contribution in [1.29, 1.82) is 0 Å². The highest BCUT2D eigenvalue weighted by atomic mass is 79.9. The Bertz CT molecular complexity index is 487. The maximum absolute atomic E-state index is 5.90. The van der Waals surface area contributed by atoms with Crippen molar-refractivity contribution in [2.75, 3.05) is 19.0 Å². The van der Waals surface area contributed by atoms with E-state index < -0.39 is 0 Å². The first kappa shape index (κ1) is 14.2. The number of anilines is 1. The Balaban J connectivity index is 1.74. The average Bonchev–Trinajstić information content (AvgIpc) is 2.35. The lowest BCUT2D eigenvalue weighted by molar-refractivity contribution is -0.157. The second-order valence-electron chi connectivity index (χ2n) is 5.81. The number of benzene rings is 1. The van der Waals surface area contributed by atoms with Gasteiger partial charge < -0.3 is 14.8 Å². The number of halogens is 1. The highest BCUT2D eigenvalue weighted by molar-refractivity contribution is 9.10. The van der Waals surface area contributed by atoms with E-state index in [-0.39, 0.29) is 0 Å². The fraction of sp³-hybridized carbons (Fsp3) is 0.625. The van der Waals surface area contributed by atoms with E-state index in [1.165, 1.54) is 19.3 Å². The Morgan fingerprint density at radius 2 is 2.20 bits per heavy atom. The largest absolute Gasteiger partial charge is 0.495 e. The summed E-state index contributed by atoms with van der Waals surface area (Å²) in [5.74, 6) is 0.905. The molecule has 1 spiro atoms. The zero-order valence-corrected chi connectivity index (χ0v) is 13.7. The minimum Gasteiger partial charge on any atom is -0.495 e. The Morgan fingerprint density at radius 3 is 2.80 bits per heavy atom. The molecule has 110 valence electrons. The van der Waals surface area contributed by atoms with E-state index in [2.05, 4.69) is 34.2 Å². The summed E-state index contributed by atoms with van der Waals surface area (Å²) in [6, 6.07) is 6.61. The molecule has 0 heterocycles. The fourth-order valence-electron chi connectivity index (χ4n) is 3.62. The molecule has 4 heteroatoms. The number of ether oxygens (including phenoxy) is 2. The average molecular weight is 340 g/mol. The number of hydrogen-bond acceptors (Lipinski definition) is 3. The summed E-state index contributed by atoms with van der Waals surface area (Å²) in [4.78, 5) is 0. The summed E-state index contributed by atoms with van der Waals surface area (Å²) in [5.41, 5.74) is 1.44. The topological polar surface area (TPSA) is 30.5 Å². The van der Waals surface area contributed by atoms with Gasteiger partial charge in [0.25, 0.3) is 0 Å². The molecule has 2 fully saturated rings. The summed E-state index contributed by atoms with van der Waals surface area (Å²) in [6.07, 6.45) is 5.44. The first-order valence-corrected chi connectivity index (χ1v) is 8.20. The van der Waals surface area contributed by atoms with Crippen molar-refractivity contribution in [2.24, 2.45) is 5.41 Å². The molecule has 0 saturated heterocycles. The zero-order chi connectivity index (χ0) is 14.2. The van der Waals surface area contributed by atoms with E-state index in [9.17, 15) is 0 Å². The lowest BCUT2D eigenvalue weighted by Gasteiger charge is -2.61. The Morgan fingerprint density at radius 1 is 1.40 bits per heavy atom. The molecule has 1 aromatic rings. The molecule has 3 nitrogen and oxygen atoms in total. The molecule has 1 aromatic carbocycles. The molecule has 2 aliphatic carbocycles. The van der Waals surface area contributed by atoms with Crippen LogP contribution >= 0.6 is 15.9 Å². The highest BCUT2D eigenvalue weighted by Crippen LogP contribution is 2.58. The molecule has 3 rings (SSSR count). The molecule has 0 radical (unpaired) electrons. The number of methoxy groups -OCH3 is 1.